The fourth-order valence-corrected chi connectivity index (χ4v) is 4.84. The van der Waals surface area contributed by atoms with Crippen molar-refractivity contribution in [2.24, 2.45) is 5.92 Å². The molecule has 0 saturated heterocycles. The Kier molecular flexibility index (Phi) is 4.92. The number of para-hydroxylation sites is 1. The van der Waals surface area contributed by atoms with Gasteiger partial charge in [0.1, 0.15) is 5.69 Å². The molecule has 4 aromatic heterocycles. The number of fused-ring (bicyclic) bond motifs is 2. The van der Waals surface area contributed by atoms with Gasteiger partial charge in [-0.3, -0.25) is 10.1 Å². The number of aromatic amines is 2. The highest BCUT2D eigenvalue weighted by Gasteiger charge is 2.15. The molecule has 32 heavy (non-hydrogen) atoms. The summed E-state index contributed by atoms with van der Waals surface area (Å²) in [5.74, 6) is 0.835. The normalized spacial score (nSPS) is 14.6. The maximum atomic E-state index is 4.63. The summed E-state index contributed by atoms with van der Waals surface area (Å²) in [6.45, 7) is 1.94. The summed E-state index contributed by atoms with van der Waals surface area (Å²) in [5, 5.41) is 13.4. The largest absolute Gasteiger partial charge is 0.353 e. The van der Waals surface area contributed by atoms with Crippen molar-refractivity contribution in [2.45, 2.75) is 32.2 Å². The molecule has 3 N–H and O–H groups in total. The van der Waals surface area contributed by atoms with Crippen molar-refractivity contribution in [3.05, 3.63) is 66.6 Å². The minimum atomic E-state index is 0.782. The maximum Gasteiger partial charge on any atom is 0.155 e. The van der Waals surface area contributed by atoms with Crippen molar-refractivity contribution in [2.75, 3.05) is 6.54 Å². The second-order valence-corrected chi connectivity index (χ2v) is 8.83. The molecule has 1 aliphatic carbocycles. The molecule has 0 unspecified atom stereocenters. The third-order valence-corrected chi connectivity index (χ3v) is 6.57. The molecule has 0 atom stereocenters. The van der Waals surface area contributed by atoms with Crippen molar-refractivity contribution in [1.29, 1.82) is 0 Å². The summed E-state index contributed by atoms with van der Waals surface area (Å²) in [4.78, 5) is 12.6. The van der Waals surface area contributed by atoms with E-state index in [0.717, 1.165) is 58.1 Å². The molecular weight excluding hydrogens is 396 g/mol. The van der Waals surface area contributed by atoms with Crippen LogP contribution in [0.2, 0.25) is 0 Å². The van der Waals surface area contributed by atoms with Gasteiger partial charge in [-0.05, 0) is 55.1 Å². The first-order chi connectivity index (χ1) is 15.8. The predicted octanol–water partition coefficient (Wildman–Crippen LogP) is 5.45. The van der Waals surface area contributed by atoms with Gasteiger partial charge in [0.2, 0.25) is 0 Å². The number of H-pyrrole nitrogens is 2. The third kappa shape index (κ3) is 3.67. The van der Waals surface area contributed by atoms with Crippen LogP contribution in [-0.4, -0.2) is 31.7 Å². The molecular formula is C26H26N6. The maximum absolute atomic E-state index is 4.63. The van der Waals surface area contributed by atoms with E-state index in [1.165, 1.54) is 36.6 Å². The average molecular weight is 423 g/mol. The van der Waals surface area contributed by atoms with Gasteiger partial charge in [-0.25, -0.2) is 4.98 Å². The van der Waals surface area contributed by atoms with E-state index in [-0.39, 0.29) is 0 Å². The Balaban J connectivity index is 1.28. The lowest BCUT2D eigenvalue weighted by Gasteiger charge is -2.11. The van der Waals surface area contributed by atoms with E-state index in [4.69, 9.17) is 0 Å². The zero-order valence-corrected chi connectivity index (χ0v) is 17.9. The number of nitrogens with zero attached hydrogens (tertiary/aromatic N) is 3. The minimum Gasteiger partial charge on any atom is -0.353 e. The van der Waals surface area contributed by atoms with Crippen LogP contribution in [0.25, 0.3) is 44.5 Å². The van der Waals surface area contributed by atoms with E-state index >= 15 is 0 Å². The van der Waals surface area contributed by atoms with Crippen molar-refractivity contribution < 1.29 is 0 Å². The van der Waals surface area contributed by atoms with E-state index in [1.807, 2.05) is 30.7 Å². The lowest BCUT2D eigenvalue weighted by atomic mass is 10.1. The van der Waals surface area contributed by atoms with Gasteiger partial charge in [-0.1, -0.05) is 31.0 Å². The topological polar surface area (TPSA) is 82.3 Å². The number of benzene rings is 1. The first kappa shape index (κ1) is 19.2. The molecule has 160 valence electrons. The molecule has 1 aliphatic rings. The highest BCUT2D eigenvalue weighted by Crippen LogP contribution is 2.31. The van der Waals surface area contributed by atoms with Gasteiger partial charge in [-0.15, -0.1) is 0 Å². The van der Waals surface area contributed by atoms with Crippen molar-refractivity contribution in [3.8, 4) is 22.5 Å². The lowest BCUT2D eigenvalue weighted by Crippen LogP contribution is -2.20. The van der Waals surface area contributed by atoms with Gasteiger partial charge in [0.05, 0.1) is 5.69 Å². The standard InChI is InChI=1S/C26H26N6/c1-2-6-17(5-1)12-27-13-18-9-20(15-28-14-18)21-10-22-25(31-32-26(22)29-16-21)24-11-19-7-3-4-8-23(19)30-24/h3-4,7-11,14-17,27,30H,1-2,5-6,12-13H2,(H,29,31,32). The van der Waals surface area contributed by atoms with Crippen LogP contribution in [0.15, 0.2) is 61.1 Å². The molecule has 5 aromatic rings. The Morgan fingerprint density at radius 1 is 0.969 bits per heavy atom. The van der Waals surface area contributed by atoms with Crippen LogP contribution in [0.4, 0.5) is 0 Å². The molecule has 1 saturated carbocycles. The van der Waals surface area contributed by atoms with Gasteiger partial charge in [0.15, 0.2) is 5.65 Å². The van der Waals surface area contributed by atoms with Crippen LogP contribution in [0.5, 0.6) is 0 Å². The first-order valence-electron chi connectivity index (χ1n) is 11.4. The molecule has 6 nitrogen and oxygen atoms in total. The number of hydrogen-bond donors (Lipinski definition) is 3. The lowest BCUT2D eigenvalue weighted by molar-refractivity contribution is 0.489. The highest BCUT2D eigenvalue weighted by atomic mass is 15.2. The fourth-order valence-electron chi connectivity index (χ4n) is 4.84. The molecule has 0 amide bonds. The quantitative estimate of drug-likeness (QED) is 0.340. The molecule has 4 heterocycles. The number of hydrogen-bond acceptors (Lipinski definition) is 4. The molecule has 0 aliphatic heterocycles. The van der Waals surface area contributed by atoms with Crippen LogP contribution in [-0.2, 0) is 6.54 Å². The van der Waals surface area contributed by atoms with Gasteiger partial charge >= 0.3 is 0 Å². The van der Waals surface area contributed by atoms with Gasteiger partial charge < -0.3 is 10.3 Å². The summed E-state index contributed by atoms with van der Waals surface area (Å²) in [5.41, 5.74) is 7.06. The van der Waals surface area contributed by atoms with Crippen LogP contribution < -0.4 is 5.32 Å². The van der Waals surface area contributed by atoms with Crippen LogP contribution in [0, 0.1) is 5.92 Å². The van der Waals surface area contributed by atoms with Gasteiger partial charge in [-0.2, -0.15) is 5.10 Å². The van der Waals surface area contributed by atoms with Crippen LogP contribution in [0.1, 0.15) is 31.2 Å². The third-order valence-electron chi connectivity index (χ3n) is 6.57. The molecule has 1 aromatic carbocycles. The van der Waals surface area contributed by atoms with Gasteiger partial charge in [0.25, 0.3) is 0 Å². The van der Waals surface area contributed by atoms with Crippen molar-refractivity contribution in [1.82, 2.24) is 30.5 Å². The number of aromatic nitrogens is 5. The van der Waals surface area contributed by atoms with Crippen molar-refractivity contribution in [3.63, 3.8) is 0 Å². The Morgan fingerprint density at radius 2 is 1.84 bits per heavy atom. The summed E-state index contributed by atoms with van der Waals surface area (Å²) >= 11 is 0. The second-order valence-electron chi connectivity index (χ2n) is 8.83. The Bertz CT molecular complexity index is 1340. The second kappa shape index (κ2) is 8.20. The Hall–Kier alpha value is -3.51. The number of pyridine rings is 2. The summed E-state index contributed by atoms with van der Waals surface area (Å²) < 4.78 is 0. The summed E-state index contributed by atoms with van der Waals surface area (Å²) in [7, 11) is 0. The fraction of sp³-hybridized carbons (Fsp3) is 0.269. The Labute approximate surface area is 186 Å². The summed E-state index contributed by atoms with van der Waals surface area (Å²) in [6, 6.07) is 14.8. The molecule has 0 spiro atoms. The molecule has 6 rings (SSSR count). The van der Waals surface area contributed by atoms with Gasteiger partial charge in [0, 0.05) is 52.6 Å². The minimum absolute atomic E-state index is 0.782. The zero-order chi connectivity index (χ0) is 21.3. The smallest absolute Gasteiger partial charge is 0.155 e. The zero-order valence-electron chi connectivity index (χ0n) is 17.9. The SMILES string of the molecule is c1ccc2[nH]c(-c3n[nH]c4ncc(-c5cncc(CNCC6CCCC6)c5)cc34)cc2c1. The average Bonchev–Trinajstić information content (AvgIpc) is 3.58. The number of nitrogens with one attached hydrogen (secondary N) is 3. The van der Waals surface area contributed by atoms with Crippen LogP contribution in [0.3, 0.4) is 0 Å². The molecule has 6 heteroatoms. The van der Waals surface area contributed by atoms with E-state index in [0.29, 0.717) is 0 Å². The number of rotatable bonds is 6. The first-order valence-corrected chi connectivity index (χ1v) is 11.4. The van der Waals surface area contributed by atoms with E-state index in [1.54, 1.807) is 0 Å². The monoisotopic (exact) mass is 422 g/mol. The van der Waals surface area contributed by atoms with E-state index in [9.17, 15) is 0 Å². The van der Waals surface area contributed by atoms with Crippen molar-refractivity contribution >= 4 is 21.9 Å². The predicted molar refractivity (Wildman–Crippen MR) is 128 cm³/mol. The molecule has 0 bridgehead atoms. The van der Waals surface area contributed by atoms with E-state index in [2.05, 4.69) is 60.8 Å². The van der Waals surface area contributed by atoms with E-state index < -0.39 is 0 Å². The summed E-state index contributed by atoms with van der Waals surface area (Å²) in [6.07, 6.45) is 11.2. The molecule has 0 radical (unpaired) electrons. The molecule has 1 fully saturated rings. The highest BCUT2D eigenvalue weighted by molar-refractivity contribution is 5.95. The van der Waals surface area contributed by atoms with Crippen LogP contribution >= 0.6 is 0 Å². The Morgan fingerprint density at radius 3 is 2.75 bits per heavy atom.